The highest BCUT2D eigenvalue weighted by Gasteiger charge is 2.32. The standard InChI is InChI=1S/C14H14BrF3O3/c15-11-8-10(4-5-13(11)21-14(16,17)18)20-7-6-9-2-1-3-12(9)19/h4-5,8-9H,1-3,6-7H2. The second kappa shape index (κ2) is 6.68. The van der Waals surface area contributed by atoms with Crippen LogP contribution in [0.5, 0.6) is 11.5 Å². The molecule has 1 aliphatic carbocycles. The van der Waals surface area contributed by atoms with Crippen LogP contribution in [0.1, 0.15) is 25.7 Å². The van der Waals surface area contributed by atoms with Crippen molar-refractivity contribution in [2.75, 3.05) is 6.61 Å². The van der Waals surface area contributed by atoms with Gasteiger partial charge < -0.3 is 9.47 Å². The van der Waals surface area contributed by atoms with Crippen LogP contribution in [0.3, 0.4) is 0 Å². The van der Waals surface area contributed by atoms with Crippen molar-refractivity contribution in [2.45, 2.75) is 32.0 Å². The minimum Gasteiger partial charge on any atom is -0.494 e. The minimum absolute atomic E-state index is 0.0567. The number of carbonyl (C=O) groups is 1. The number of rotatable bonds is 5. The van der Waals surface area contributed by atoms with Gasteiger partial charge in [-0.25, -0.2) is 0 Å². The number of hydrogen-bond donors (Lipinski definition) is 0. The van der Waals surface area contributed by atoms with E-state index in [0.717, 1.165) is 12.8 Å². The maximum atomic E-state index is 12.1. The molecule has 0 aliphatic heterocycles. The van der Waals surface area contributed by atoms with Gasteiger partial charge in [0.1, 0.15) is 17.3 Å². The fourth-order valence-electron chi connectivity index (χ4n) is 2.29. The van der Waals surface area contributed by atoms with Gasteiger partial charge in [-0.3, -0.25) is 4.79 Å². The van der Waals surface area contributed by atoms with Crippen molar-refractivity contribution in [3.05, 3.63) is 22.7 Å². The molecule has 7 heteroatoms. The Balaban J connectivity index is 1.87. The first-order valence-electron chi connectivity index (χ1n) is 6.56. The molecule has 1 atom stereocenters. The summed E-state index contributed by atoms with van der Waals surface area (Å²) < 4.78 is 45.8. The van der Waals surface area contributed by atoms with Crippen LogP contribution in [0.2, 0.25) is 0 Å². The van der Waals surface area contributed by atoms with Crippen LogP contribution < -0.4 is 9.47 Å². The zero-order valence-corrected chi connectivity index (χ0v) is 12.7. The Morgan fingerprint density at radius 3 is 2.67 bits per heavy atom. The van der Waals surface area contributed by atoms with Crippen molar-refractivity contribution in [3.63, 3.8) is 0 Å². The van der Waals surface area contributed by atoms with Gasteiger partial charge in [-0.2, -0.15) is 0 Å². The van der Waals surface area contributed by atoms with Gasteiger partial charge in [-0.15, -0.1) is 13.2 Å². The van der Waals surface area contributed by atoms with Gasteiger partial charge in [-0.05, 0) is 53.4 Å². The summed E-state index contributed by atoms with van der Waals surface area (Å²) in [6.07, 6.45) is -1.63. The molecule has 0 spiro atoms. The highest BCUT2D eigenvalue weighted by atomic mass is 79.9. The number of halogens is 4. The normalized spacial score (nSPS) is 18.9. The third-order valence-electron chi connectivity index (χ3n) is 3.30. The van der Waals surface area contributed by atoms with E-state index in [0.29, 0.717) is 25.2 Å². The smallest absolute Gasteiger partial charge is 0.494 e. The lowest BCUT2D eigenvalue weighted by Crippen LogP contribution is -2.17. The van der Waals surface area contributed by atoms with Crippen LogP contribution in [0.25, 0.3) is 0 Å². The molecule has 0 saturated heterocycles. The number of ketones is 1. The van der Waals surface area contributed by atoms with E-state index in [1.807, 2.05) is 0 Å². The van der Waals surface area contributed by atoms with Gasteiger partial charge in [0.25, 0.3) is 0 Å². The van der Waals surface area contributed by atoms with Crippen LogP contribution >= 0.6 is 15.9 Å². The lowest BCUT2D eigenvalue weighted by atomic mass is 10.0. The fourth-order valence-corrected chi connectivity index (χ4v) is 2.73. The van der Waals surface area contributed by atoms with Crippen LogP contribution in [-0.2, 0) is 4.79 Å². The Labute approximate surface area is 128 Å². The van der Waals surface area contributed by atoms with Crippen molar-refractivity contribution in [3.8, 4) is 11.5 Å². The van der Waals surface area contributed by atoms with Crippen molar-refractivity contribution in [1.82, 2.24) is 0 Å². The summed E-state index contributed by atoms with van der Waals surface area (Å²) in [5, 5.41) is 0. The summed E-state index contributed by atoms with van der Waals surface area (Å²) in [5.74, 6) is 0.442. The summed E-state index contributed by atoms with van der Waals surface area (Å²) in [4.78, 5) is 11.5. The highest BCUT2D eigenvalue weighted by molar-refractivity contribution is 9.10. The molecule has 0 bridgehead atoms. The monoisotopic (exact) mass is 366 g/mol. The molecule has 1 aliphatic rings. The van der Waals surface area contributed by atoms with Crippen LogP contribution in [0.4, 0.5) is 13.2 Å². The largest absolute Gasteiger partial charge is 0.573 e. The highest BCUT2D eigenvalue weighted by Crippen LogP contribution is 2.33. The van der Waals surface area contributed by atoms with Gasteiger partial charge in [0.15, 0.2) is 0 Å². The molecule has 0 N–H and O–H groups in total. The van der Waals surface area contributed by atoms with Gasteiger partial charge in [0.2, 0.25) is 0 Å². The molecule has 1 saturated carbocycles. The topological polar surface area (TPSA) is 35.5 Å². The SMILES string of the molecule is O=C1CCCC1CCOc1ccc(OC(F)(F)F)c(Br)c1. The summed E-state index contributed by atoms with van der Waals surface area (Å²) >= 11 is 3.01. The lowest BCUT2D eigenvalue weighted by molar-refractivity contribution is -0.274. The molecule has 0 aromatic heterocycles. The molecule has 21 heavy (non-hydrogen) atoms. The summed E-state index contributed by atoms with van der Waals surface area (Å²) in [6.45, 7) is 0.363. The summed E-state index contributed by atoms with van der Waals surface area (Å²) in [7, 11) is 0. The van der Waals surface area contributed by atoms with Crippen molar-refractivity contribution >= 4 is 21.7 Å². The molecule has 1 aromatic carbocycles. The average molecular weight is 367 g/mol. The molecule has 0 amide bonds. The predicted octanol–water partition coefficient (Wildman–Crippen LogP) is 4.49. The van der Waals surface area contributed by atoms with Gasteiger partial charge >= 0.3 is 6.36 Å². The fraction of sp³-hybridized carbons (Fsp3) is 0.500. The Morgan fingerprint density at radius 1 is 1.33 bits per heavy atom. The lowest BCUT2D eigenvalue weighted by Gasteiger charge is -2.13. The maximum absolute atomic E-state index is 12.1. The van der Waals surface area contributed by atoms with Gasteiger partial charge in [0, 0.05) is 12.3 Å². The van der Waals surface area contributed by atoms with Gasteiger partial charge in [-0.1, -0.05) is 0 Å². The van der Waals surface area contributed by atoms with Crippen molar-refractivity contribution < 1.29 is 27.4 Å². The first-order chi connectivity index (χ1) is 9.85. The number of benzene rings is 1. The quantitative estimate of drug-likeness (QED) is 0.770. The molecular formula is C14H14BrF3O3. The van der Waals surface area contributed by atoms with E-state index in [2.05, 4.69) is 20.7 Å². The van der Waals surface area contributed by atoms with E-state index in [4.69, 9.17) is 4.74 Å². The third-order valence-corrected chi connectivity index (χ3v) is 3.91. The Hall–Kier alpha value is -1.24. The van der Waals surface area contributed by atoms with E-state index >= 15 is 0 Å². The third kappa shape index (κ3) is 4.91. The van der Waals surface area contributed by atoms with Crippen LogP contribution in [-0.4, -0.2) is 18.8 Å². The van der Waals surface area contributed by atoms with E-state index in [1.54, 1.807) is 0 Å². The molecule has 2 rings (SSSR count). The summed E-state index contributed by atoms with van der Waals surface area (Å²) in [6, 6.07) is 4.01. The molecule has 1 unspecified atom stereocenters. The Kier molecular flexibility index (Phi) is 5.13. The zero-order valence-electron chi connectivity index (χ0n) is 11.1. The maximum Gasteiger partial charge on any atom is 0.573 e. The molecule has 0 radical (unpaired) electrons. The first kappa shape index (κ1) is 16.1. The number of Topliss-reactive ketones (excluding diaryl/α,β-unsaturated/α-hetero) is 1. The molecule has 1 fully saturated rings. The van der Waals surface area contributed by atoms with E-state index < -0.39 is 6.36 Å². The minimum atomic E-state index is -4.73. The average Bonchev–Trinajstić information content (AvgIpc) is 2.77. The number of hydrogen-bond acceptors (Lipinski definition) is 3. The molecule has 1 aromatic rings. The number of carbonyl (C=O) groups excluding carboxylic acids is 1. The zero-order chi connectivity index (χ0) is 15.5. The Bertz CT molecular complexity index is 517. The molecule has 116 valence electrons. The van der Waals surface area contributed by atoms with Crippen LogP contribution in [0, 0.1) is 5.92 Å². The molecule has 0 heterocycles. The van der Waals surface area contributed by atoms with E-state index in [9.17, 15) is 18.0 Å². The second-order valence-electron chi connectivity index (χ2n) is 4.83. The molecule has 3 nitrogen and oxygen atoms in total. The van der Waals surface area contributed by atoms with Crippen LogP contribution in [0.15, 0.2) is 22.7 Å². The Morgan fingerprint density at radius 2 is 2.10 bits per heavy atom. The first-order valence-corrected chi connectivity index (χ1v) is 7.35. The summed E-state index contributed by atoms with van der Waals surface area (Å²) in [5.41, 5.74) is 0. The van der Waals surface area contributed by atoms with Crippen molar-refractivity contribution in [2.24, 2.45) is 5.92 Å². The van der Waals surface area contributed by atoms with Crippen molar-refractivity contribution in [1.29, 1.82) is 0 Å². The van der Waals surface area contributed by atoms with E-state index in [1.165, 1.54) is 18.2 Å². The molecular weight excluding hydrogens is 353 g/mol. The number of alkyl halides is 3. The van der Waals surface area contributed by atoms with E-state index in [-0.39, 0.29) is 21.9 Å². The number of ether oxygens (including phenoxy) is 2. The second-order valence-corrected chi connectivity index (χ2v) is 5.69. The van der Waals surface area contributed by atoms with Gasteiger partial charge in [0.05, 0.1) is 11.1 Å². The predicted molar refractivity (Wildman–Crippen MR) is 73.3 cm³/mol.